The van der Waals surface area contributed by atoms with E-state index in [4.69, 9.17) is 4.74 Å². The normalized spacial score (nSPS) is 15.4. The van der Waals surface area contributed by atoms with Crippen LogP contribution in [0.4, 0.5) is 15.8 Å². The number of amides is 1. The van der Waals surface area contributed by atoms with Gasteiger partial charge in [0, 0.05) is 25.6 Å². The summed E-state index contributed by atoms with van der Waals surface area (Å²) in [5, 5.41) is 2.81. The largest absolute Gasteiger partial charge is 0.378 e. The molecule has 0 atom stereocenters. The lowest BCUT2D eigenvalue weighted by molar-refractivity contribution is -0.115. The topological polar surface area (TPSA) is 41.6 Å². The van der Waals surface area contributed by atoms with Crippen molar-refractivity contribution in [2.75, 3.05) is 36.5 Å². The van der Waals surface area contributed by atoms with E-state index in [9.17, 15) is 9.18 Å². The van der Waals surface area contributed by atoms with E-state index in [1.807, 2.05) is 4.90 Å². The van der Waals surface area contributed by atoms with E-state index in [2.05, 4.69) is 21.2 Å². The van der Waals surface area contributed by atoms with Gasteiger partial charge in [-0.25, -0.2) is 4.39 Å². The number of hydrogen-bond acceptors (Lipinski definition) is 3. The molecule has 1 fully saturated rings. The maximum absolute atomic E-state index is 13.7. The molecule has 1 aliphatic heterocycles. The second kappa shape index (κ2) is 6.34. The second-order valence-corrected chi connectivity index (χ2v) is 5.14. The number of ether oxygens (including phenoxy) is 1. The van der Waals surface area contributed by atoms with Crippen molar-refractivity contribution in [3.8, 4) is 0 Å². The molecule has 0 bridgehead atoms. The minimum Gasteiger partial charge on any atom is -0.378 e. The monoisotopic (exact) mass is 330 g/mol. The van der Waals surface area contributed by atoms with Gasteiger partial charge in [0.15, 0.2) is 0 Å². The predicted octanol–water partition coefficient (Wildman–Crippen LogP) is 2.77. The molecule has 0 aromatic heterocycles. The zero-order valence-corrected chi connectivity index (χ0v) is 12.3. The van der Waals surface area contributed by atoms with Gasteiger partial charge in [-0.3, -0.25) is 4.79 Å². The zero-order chi connectivity index (χ0) is 13.8. The standard InChI is InChI=1S/C13H16BrFN2O2/c1-2-13(18)16-11-7-9(14)10(15)8-12(11)17-3-5-19-6-4-17/h7-8H,2-6H2,1H3,(H,16,18). The van der Waals surface area contributed by atoms with Gasteiger partial charge >= 0.3 is 0 Å². The summed E-state index contributed by atoms with van der Waals surface area (Å²) in [6.45, 7) is 4.38. The number of nitrogens with zero attached hydrogens (tertiary/aromatic N) is 1. The summed E-state index contributed by atoms with van der Waals surface area (Å²) in [6, 6.07) is 3.05. The zero-order valence-electron chi connectivity index (χ0n) is 10.7. The third kappa shape index (κ3) is 3.45. The van der Waals surface area contributed by atoms with Crippen LogP contribution >= 0.6 is 15.9 Å². The van der Waals surface area contributed by atoms with Gasteiger partial charge in [-0.05, 0) is 22.0 Å². The van der Waals surface area contributed by atoms with E-state index >= 15 is 0 Å². The van der Waals surface area contributed by atoms with Crippen LogP contribution < -0.4 is 10.2 Å². The van der Waals surface area contributed by atoms with Crippen molar-refractivity contribution >= 4 is 33.2 Å². The van der Waals surface area contributed by atoms with Crippen LogP contribution in [0.5, 0.6) is 0 Å². The van der Waals surface area contributed by atoms with E-state index in [0.29, 0.717) is 48.6 Å². The Morgan fingerprint density at radius 2 is 2.16 bits per heavy atom. The summed E-state index contributed by atoms with van der Waals surface area (Å²) in [7, 11) is 0. The van der Waals surface area contributed by atoms with Gasteiger partial charge in [0.1, 0.15) is 5.82 Å². The third-order valence-electron chi connectivity index (χ3n) is 2.99. The van der Waals surface area contributed by atoms with Crippen LogP contribution in [-0.2, 0) is 9.53 Å². The van der Waals surface area contributed by atoms with Gasteiger partial charge in [0.2, 0.25) is 5.91 Å². The number of benzene rings is 1. The van der Waals surface area contributed by atoms with Gasteiger partial charge in [0.25, 0.3) is 0 Å². The molecule has 1 heterocycles. The highest BCUT2D eigenvalue weighted by atomic mass is 79.9. The van der Waals surface area contributed by atoms with Crippen LogP contribution in [-0.4, -0.2) is 32.2 Å². The number of rotatable bonds is 3. The van der Waals surface area contributed by atoms with Crippen molar-refractivity contribution < 1.29 is 13.9 Å². The molecule has 0 radical (unpaired) electrons. The first-order chi connectivity index (χ1) is 9.11. The maximum Gasteiger partial charge on any atom is 0.224 e. The lowest BCUT2D eigenvalue weighted by Crippen LogP contribution is -2.36. The molecule has 19 heavy (non-hydrogen) atoms. The second-order valence-electron chi connectivity index (χ2n) is 4.28. The molecular weight excluding hydrogens is 315 g/mol. The summed E-state index contributed by atoms with van der Waals surface area (Å²) in [6.07, 6.45) is 0.386. The Morgan fingerprint density at radius 3 is 2.79 bits per heavy atom. The SMILES string of the molecule is CCC(=O)Nc1cc(Br)c(F)cc1N1CCOCC1. The quantitative estimate of drug-likeness (QED) is 0.926. The van der Waals surface area contributed by atoms with E-state index in [1.54, 1.807) is 13.0 Å². The summed E-state index contributed by atoms with van der Waals surface area (Å²) in [5.74, 6) is -0.427. The van der Waals surface area contributed by atoms with Crippen molar-refractivity contribution in [1.82, 2.24) is 0 Å². The number of halogens is 2. The van der Waals surface area contributed by atoms with Crippen molar-refractivity contribution in [3.63, 3.8) is 0 Å². The van der Waals surface area contributed by atoms with E-state index in [-0.39, 0.29) is 11.7 Å². The number of carbonyl (C=O) groups excluding carboxylic acids is 1. The molecule has 1 aliphatic rings. The average Bonchev–Trinajstić information content (AvgIpc) is 2.43. The van der Waals surface area contributed by atoms with Gasteiger partial charge in [0.05, 0.1) is 29.1 Å². The molecule has 0 aliphatic carbocycles. The maximum atomic E-state index is 13.7. The Bertz CT molecular complexity index is 476. The molecule has 0 unspecified atom stereocenters. The molecule has 104 valence electrons. The molecule has 2 rings (SSSR count). The summed E-state index contributed by atoms with van der Waals surface area (Å²) >= 11 is 3.15. The van der Waals surface area contributed by atoms with Crippen molar-refractivity contribution in [3.05, 3.63) is 22.4 Å². The highest BCUT2D eigenvalue weighted by Gasteiger charge is 2.18. The Labute approximate surface area is 120 Å². The van der Waals surface area contributed by atoms with E-state index in [1.165, 1.54) is 6.07 Å². The Balaban J connectivity index is 2.32. The van der Waals surface area contributed by atoms with Crippen LogP contribution in [0.1, 0.15) is 13.3 Å². The summed E-state index contributed by atoms with van der Waals surface area (Å²) in [4.78, 5) is 13.6. The Kier molecular flexibility index (Phi) is 4.76. The van der Waals surface area contributed by atoms with Crippen LogP contribution in [0.25, 0.3) is 0 Å². The fraction of sp³-hybridized carbons (Fsp3) is 0.462. The Morgan fingerprint density at radius 1 is 1.47 bits per heavy atom. The molecule has 1 N–H and O–H groups in total. The lowest BCUT2D eigenvalue weighted by atomic mass is 10.2. The van der Waals surface area contributed by atoms with E-state index in [0.717, 1.165) is 0 Å². The van der Waals surface area contributed by atoms with Crippen molar-refractivity contribution in [2.24, 2.45) is 0 Å². The predicted molar refractivity (Wildman–Crippen MR) is 76.1 cm³/mol. The number of anilines is 2. The number of morpholine rings is 1. The fourth-order valence-corrected chi connectivity index (χ4v) is 2.28. The van der Waals surface area contributed by atoms with Crippen LogP contribution in [0.3, 0.4) is 0 Å². The third-order valence-corrected chi connectivity index (χ3v) is 3.59. The first-order valence-corrected chi connectivity index (χ1v) is 7.02. The van der Waals surface area contributed by atoms with Crippen LogP contribution in [0.2, 0.25) is 0 Å². The molecule has 1 aromatic carbocycles. The Hall–Kier alpha value is -1.14. The van der Waals surface area contributed by atoms with Gasteiger partial charge < -0.3 is 15.0 Å². The van der Waals surface area contributed by atoms with E-state index < -0.39 is 0 Å². The molecule has 1 aromatic rings. The molecule has 1 amide bonds. The minimum atomic E-state index is -0.337. The van der Waals surface area contributed by atoms with Crippen molar-refractivity contribution in [2.45, 2.75) is 13.3 Å². The first-order valence-electron chi connectivity index (χ1n) is 6.23. The van der Waals surface area contributed by atoms with Crippen LogP contribution in [0, 0.1) is 5.82 Å². The molecule has 1 saturated heterocycles. The summed E-state index contributed by atoms with van der Waals surface area (Å²) in [5.41, 5.74) is 1.33. The summed E-state index contributed by atoms with van der Waals surface area (Å²) < 4.78 is 19.3. The van der Waals surface area contributed by atoms with Crippen molar-refractivity contribution in [1.29, 1.82) is 0 Å². The highest BCUT2D eigenvalue weighted by Crippen LogP contribution is 2.32. The van der Waals surface area contributed by atoms with Gasteiger partial charge in [-0.2, -0.15) is 0 Å². The highest BCUT2D eigenvalue weighted by molar-refractivity contribution is 9.10. The fourth-order valence-electron chi connectivity index (χ4n) is 1.94. The molecule has 0 spiro atoms. The first kappa shape index (κ1) is 14.3. The molecule has 6 heteroatoms. The smallest absolute Gasteiger partial charge is 0.224 e. The lowest BCUT2D eigenvalue weighted by Gasteiger charge is -2.30. The van der Waals surface area contributed by atoms with Crippen LogP contribution in [0.15, 0.2) is 16.6 Å². The van der Waals surface area contributed by atoms with Gasteiger partial charge in [-0.15, -0.1) is 0 Å². The van der Waals surface area contributed by atoms with Gasteiger partial charge in [-0.1, -0.05) is 6.92 Å². The number of nitrogens with one attached hydrogen (secondary N) is 1. The number of carbonyl (C=O) groups is 1. The molecule has 4 nitrogen and oxygen atoms in total. The average molecular weight is 331 g/mol. The molecular formula is C13H16BrFN2O2. The minimum absolute atomic E-state index is 0.0898. The number of hydrogen-bond donors (Lipinski definition) is 1. The molecule has 0 saturated carbocycles.